The Morgan fingerprint density at radius 2 is 2.00 bits per heavy atom. The molecule has 104 valence electrons. The van der Waals surface area contributed by atoms with Crippen LogP contribution in [0.25, 0.3) is 0 Å². The summed E-state index contributed by atoms with van der Waals surface area (Å²) in [6.07, 6.45) is -0.0473. The molecule has 1 aromatic heterocycles. The van der Waals surface area contributed by atoms with Crippen LogP contribution in [0.4, 0.5) is 10.7 Å². The van der Waals surface area contributed by atoms with Crippen molar-refractivity contribution in [2.75, 3.05) is 5.32 Å². The Bertz CT molecular complexity index is 592. The summed E-state index contributed by atoms with van der Waals surface area (Å²) in [4.78, 5) is 23.4. The zero-order valence-electron chi connectivity index (χ0n) is 10.8. The maximum absolute atomic E-state index is 11.6. The molecule has 0 aliphatic carbocycles. The molecule has 20 heavy (non-hydrogen) atoms. The standard InChI is InChI=1S/C13H13ClN4O2/c1-2-10-15-11(14)17-12(16-10)18-13(19)20-8-9-6-4-3-5-7-9/h3-7H,2,8H2,1H3,(H,15,16,17,18,19). The van der Waals surface area contributed by atoms with Crippen LogP contribution in [-0.4, -0.2) is 21.0 Å². The number of nitrogens with zero attached hydrogens (tertiary/aromatic N) is 3. The summed E-state index contributed by atoms with van der Waals surface area (Å²) in [6, 6.07) is 9.36. The fourth-order valence-corrected chi connectivity index (χ4v) is 1.63. The van der Waals surface area contributed by atoms with Crippen molar-refractivity contribution >= 4 is 23.6 Å². The van der Waals surface area contributed by atoms with E-state index < -0.39 is 6.09 Å². The lowest BCUT2D eigenvalue weighted by Gasteiger charge is -2.06. The van der Waals surface area contributed by atoms with Gasteiger partial charge in [0, 0.05) is 6.42 Å². The van der Waals surface area contributed by atoms with Crippen molar-refractivity contribution in [2.45, 2.75) is 20.0 Å². The van der Waals surface area contributed by atoms with E-state index in [9.17, 15) is 4.79 Å². The van der Waals surface area contributed by atoms with Gasteiger partial charge in [0.1, 0.15) is 12.4 Å². The van der Waals surface area contributed by atoms with Crippen molar-refractivity contribution in [2.24, 2.45) is 0 Å². The van der Waals surface area contributed by atoms with Crippen molar-refractivity contribution in [3.05, 3.63) is 47.0 Å². The Morgan fingerprint density at radius 3 is 2.70 bits per heavy atom. The number of benzene rings is 1. The van der Waals surface area contributed by atoms with Gasteiger partial charge in [-0.25, -0.2) is 9.78 Å². The molecule has 1 heterocycles. The summed E-state index contributed by atoms with van der Waals surface area (Å²) >= 11 is 5.73. The van der Waals surface area contributed by atoms with E-state index in [4.69, 9.17) is 16.3 Å². The Morgan fingerprint density at radius 1 is 1.25 bits per heavy atom. The number of anilines is 1. The maximum Gasteiger partial charge on any atom is 0.414 e. The number of aryl methyl sites for hydroxylation is 1. The van der Waals surface area contributed by atoms with Crippen LogP contribution >= 0.6 is 11.6 Å². The fraction of sp³-hybridized carbons (Fsp3) is 0.231. The molecular weight excluding hydrogens is 280 g/mol. The number of nitrogens with one attached hydrogen (secondary N) is 1. The minimum absolute atomic E-state index is 0.0372. The van der Waals surface area contributed by atoms with E-state index in [-0.39, 0.29) is 17.8 Å². The molecule has 7 heteroatoms. The summed E-state index contributed by atoms with van der Waals surface area (Å²) < 4.78 is 5.05. The lowest BCUT2D eigenvalue weighted by atomic mass is 10.2. The minimum atomic E-state index is -0.641. The van der Waals surface area contributed by atoms with Crippen molar-refractivity contribution in [1.29, 1.82) is 0 Å². The predicted octanol–water partition coefficient (Wildman–Crippen LogP) is 2.84. The van der Waals surface area contributed by atoms with Crippen LogP contribution < -0.4 is 5.32 Å². The van der Waals surface area contributed by atoms with E-state index in [0.29, 0.717) is 12.2 Å². The van der Waals surface area contributed by atoms with Crippen LogP contribution in [0.3, 0.4) is 0 Å². The molecule has 1 amide bonds. The fourth-order valence-electron chi connectivity index (χ4n) is 1.46. The third-order valence-electron chi connectivity index (χ3n) is 2.40. The Balaban J connectivity index is 1.93. The van der Waals surface area contributed by atoms with Gasteiger partial charge in [0.25, 0.3) is 0 Å². The first kappa shape index (κ1) is 14.2. The summed E-state index contributed by atoms with van der Waals surface area (Å²) in [5.41, 5.74) is 0.894. The van der Waals surface area contributed by atoms with Gasteiger partial charge in [-0.2, -0.15) is 9.97 Å². The zero-order valence-corrected chi connectivity index (χ0v) is 11.6. The second-order valence-electron chi connectivity index (χ2n) is 3.88. The molecule has 0 spiro atoms. The second-order valence-corrected chi connectivity index (χ2v) is 4.22. The molecule has 0 aliphatic heterocycles. The number of hydrogen-bond acceptors (Lipinski definition) is 5. The minimum Gasteiger partial charge on any atom is -0.444 e. The quantitative estimate of drug-likeness (QED) is 0.937. The smallest absolute Gasteiger partial charge is 0.414 e. The Hall–Kier alpha value is -2.21. The number of hydrogen-bond donors (Lipinski definition) is 1. The van der Waals surface area contributed by atoms with Gasteiger partial charge in [-0.3, -0.25) is 5.32 Å². The molecule has 1 aromatic carbocycles. The van der Waals surface area contributed by atoms with Gasteiger partial charge in [0.15, 0.2) is 0 Å². The first-order valence-corrected chi connectivity index (χ1v) is 6.43. The third kappa shape index (κ3) is 4.17. The second kappa shape index (κ2) is 6.81. The number of carbonyl (C=O) groups excluding carboxylic acids is 1. The van der Waals surface area contributed by atoms with E-state index in [0.717, 1.165) is 5.56 Å². The molecule has 0 saturated heterocycles. The molecule has 0 saturated carbocycles. The van der Waals surface area contributed by atoms with Crippen LogP contribution in [0.2, 0.25) is 5.28 Å². The highest BCUT2D eigenvalue weighted by Crippen LogP contribution is 2.07. The summed E-state index contributed by atoms with van der Waals surface area (Å²) in [7, 11) is 0. The van der Waals surface area contributed by atoms with E-state index in [2.05, 4.69) is 20.3 Å². The van der Waals surface area contributed by atoms with Crippen molar-refractivity contribution in [3.63, 3.8) is 0 Å². The van der Waals surface area contributed by atoms with Gasteiger partial charge in [0.05, 0.1) is 0 Å². The third-order valence-corrected chi connectivity index (χ3v) is 2.57. The average Bonchev–Trinajstić information content (AvgIpc) is 2.45. The molecule has 1 N–H and O–H groups in total. The SMILES string of the molecule is CCc1nc(Cl)nc(NC(=O)OCc2ccccc2)n1. The van der Waals surface area contributed by atoms with E-state index in [1.165, 1.54) is 0 Å². The summed E-state index contributed by atoms with van der Waals surface area (Å²) in [5.74, 6) is 0.586. The Kier molecular flexibility index (Phi) is 4.84. The number of rotatable bonds is 4. The first-order chi connectivity index (χ1) is 9.67. The highest BCUT2D eigenvalue weighted by atomic mass is 35.5. The van der Waals surface area contributed by atoms with Crippen LogP contribution in [0.15, 0.2) is 30.3 Å². The molecule has 0 aliphatic rings. The lowest BCUT2D eigenvalue weighted by Crippen LogP contribution is -2.16. The highest BCUT2D eigenvalue weighted by molar-refractivity contribution is 6.28. The monoisotopic (exact) mass is 292 g/mol. The molecule has 2 rings (SSSR count). The molecule has 6 nitrogen and oxygen atoms in total. The molecule has 0 unspecified atom stereocenters. The molecule has 0 atom stereocenters. The van der Waals surface area contributed by atoms with Crippen molar-refractivity contribution in [1.82, 2.24) is 15.0 Å². The summed E-state index contributed by atoms with van der Waals surface area (Å²) in [5, 5.41) is 2.46. The summed E-state index contributed by atoms with van der Waals surface area (Å²) in [6.45, 7) is 2.05. The van der Waals surface area contributed by atoms with E-state index in [1.54, 1.807) is 0 Å². The molecular formula is C13H13ClN4O2. The van der Waals surface area contributed by atoms with Crippen LogP contribution in [0, 0.1) is 0 Å². The highest BCUT2D eigenvalue weighted by Gasteiger charge is 2.08. The molecule has 0 fully saturated rings. The van der Waals surface area contributed by atoms with Crippen LogP contribution in [-0.2, 0) is 17.8 Å². The largest absolute Gasteiger partial charge is 0.444 e. The normalized spacial score (nSPS) is 10.1. The van der Waals surface area contributed by atoms with Gasteiger partial charge in [-0.05, 0) is 17.2 Å². The predicted molar refractivity (Wildman–Crippen MR) is 74.5 cm³/mol. The number of carbonyl (C=O) groups is 1. The van der Waals surface area contributed by atoms with Gasteiger partial charge < -0.3 is 4.74 Å². The maximum atomic E-state index is 11.6. The molecule has 0 radical (unpaired) electrons. The lowest BCUT2D eigenvalue weighted by molar-refractivity contribution is 0.155. The number of aromatic nitrogens is 3. The van der Waals surface area contributed by atoms with Crippen LogP contribution in [0.1, 0.15) is 18.3 Å². The first-order valence-electron chi connectivity index (χ1n) is 6.05. The zero-order chi connectivity index (χ0) is 14.4. The number of amides is 1. The van der Waals surface area contributed by atoms with Crippen molar-refractivity contribution < 1.29 is 9.53 Å². The van der Waals surface area contributed by atoms with Crippen molar-refractivity contribution in [3.8, 4) is 0 Å². The molecule has 2 aromatic rings. The Labute approximate surface area is 121 Å². The number of ether oxygens (including phenoxy) is 1. The van der Waals surface area contributed by atoms with Gasteiger partial charge in [-0.1, -0.05) is 37.3 Å². The van der Waals surface area contributed by atoms with E-state index >= 15 is 0 Å². The molecule has 0 bridgehead atoms. The van der Waals surface area contributed by atoms with E-state index in [1.807, 2.05) is 37.3 Å². The van der Waals surface area contributed by atoms with Gasteiger partial charge >= 0.3 is 6.09 Å². The van der Waals surface area contributed by atoms with Gasteiger partial charge in [-0.15, -0.1) is 0 Å². The average molecular weight is 293 g/mol. The number of halogens is 1. The van der Waals surface area contributed by atoms with Crippen LogP contribution in [0.5, 0.6) is 0 Å². The topological polar surface area (TPSA) is 77.0 Å². The van der Waals surface area contributed by atoms with Gasteiger partial charge in [0.2, 0.25) is 11.2 Å².